The summed E-state index contributed by atoms with van der Waals surface area (Å²) in [5, 5.41) is 0.322. The minimum atomic E-state index is -1.63. The van der Waals surface area contributed by atoms with Crippen LogP contribution in [0, 0.1) is 5.92 Å². The zero-order valence-electron chi connectivity index (χ0n) is 12.9. The van der Waals surface area contributed by atoms with E-state index in [2.05, 4.69) is 33.9 Å². The van der Waals surface area contributed by atoms with E-state index in [9.17, 15) is 0 Å². The molecule has 1 fully saturated rings. The largest absolute Gasteiger partial charge is 0.547 e. The van der Waals surface area contributed by atoms with Gasteiger partial charge in [0.05, 0.1) is 5.76 Å². The minimum absolute atomic E-state index is 0.322. The van der Waals surface area contributed by atoms with E-state index in [4.69, 9.17) is 4.43 Å². The zero-order chi connectivity index (χ0) is 13.4. The molecule has 0 radical (unpaired) electrons. The first-order valence-electron chi connectivity index (χ1n) is 7.72. The maximum Gasteiger partial charge on any atom is 0.250 e. The smallest absolute Gasteiger partial charge is 0.250 e. The molecule has 2 rings (SSSR count). The van der Waals surface area contributed by atoms with Crippen LogP contribution in [-0.4, -0.2) is 8.32 Å². The lowest BCUT2D eigenvalue weighted by atomic mass is 9.77. The number of fused-ring (bicyclic) bond motifs is 1. The van der Waals surface area contributed by atoms with Crippen molar-refractivity contribution in [1.29, 1.82) is 0 Å². The fraction of sp³-hybridized carbons (Fsp3) is 0.875. The van der Waals surface area contributed by atoms with Crippen molar-refractivity contribution in [3.8, 4) is 0 Å². The standard InChI is InChI=1S/C16H30OSi/c1-16(2,3)18(4,5)17-15-12-8-10-13-9-6-7-11-14(13)15/h13H,6-12H2,1-5H3/t13-/m0/s1. The number of hydrogen-bond acceptors (Lipinski definition) is 1. The summed E-state index contributed by atoms with van der Waals surface area (Å²) in [4.78, 5) is 0. The van der Waals surface area contributed by atoms with Gasteiger partial charge in [0.15, 0.2) is 0 Å². The van der Waals surface area contributed by atoms with E-state index in [-0.39, 0.29) is 0 Å². The van der Waals surface area contributed by atoms with E-state index in [0.717, 1.165) is 5.92 Å². The molecule has 0 N–H and O–H groups in total. The average molecular weight is 267 g/mol. The minimum Gasteiger partial charge on any atom is -0.547 e. The van der Waals surface area contributed by atoms with Crippen LogP contribution in [0.3, 0.4) is 0 Å². The van der Waals surface area contributed by atoms with E-state index in [1.807, 2.05) is 0 Å². The molecule has 18 heavy (non-hydrogen) atoms. The molecule has 2 heteroatoms. The zero-order valence-corrected chi connectivity index (χ0v) is 13.9. The first-order chi connectivity index (χ1) is 8.31. The topological polar surface area (TPSA) is 9.23 Å². The molecule has 0 aromatic heterocycles. The van der Waals surface area contributed by atoms with Gasteiger partial charge in [-0.3, -0.25) is 0 Å². The van der Waals surface area contributed by atoms with Gasteiger partial charge in [0, 0.05) is 6.42 Å². The lowest BCUT2D eigenvalue weighted by Crippen LogP contribution is -2.41. The van der Waals surface area contributed by atoms with Gasteiger partial charge < -0.3 is 4.43 Å². The number of rotatable bonds is 2. The Hall–Kier alpha value is -0.243. The molecule has 0 aromatic rings. The average Bonchev–Trinajstić information content (AvgIpc) is 2.27. The first kappa shape index (κ1) is 14.2. The molecular formula is C16H30OSi. The summed E-state index contributed by atoms with van der Waals surface area (Å²) in [7, 11) is -1.63. The van der Waals surface area contributed by atoms with Gasteiger partial charge in [-0.15, -0.1) is 0 Å². The summed E-state index contributed by atoms with van der Waals surface area (Å²) in [5.41, 5.74) is 1.71. The highest BCUT2D eigenvalue weighted by Crippen LogP contribution is 2.44. The van der Waals surface area contributed by atoms with Gasteiger partial charge in [0.1, 0.15) is 0 Å². The molecule has 1 nitrogen and oxygen atoms in total. The van der Waals surface area contributed by atoms with Crippen LogP contribution >= 0.6 is 0 Å². The van der Waals surface area contributed by atoms with Gasteiger partial charge in [-0.05, 0) is 61.7 Å². The van der Waals surface area contributed by atoms with Gasteiger partial charge in [-0.25, -0.2) is 0 Å². The van der Waals surface area contributed by atoms with Crippen molar-refractivity contribution in [3.05, 3.63) is 11.3 Å². The summed E-state index contributed by atoms with van der Waals surface area (Å²) >= 11 is 0. The predicted molar refractivity (Wildman–Crippen MR) is 81.1 cm³/mol. The highest BCUT2D eigenvalue weighted by molar-refractivity contribution is 6.74. The van der Waals surface area contributed by atoms with Gasteiger partial charge in [0.2, 0.25) is 8.32 Å². The molecule has 0 spiro atoms. The highest BCUT2D eigenvalue weighted by atomic mass is 28.4. The summed E-state index contributed by atoms with van der Waals surface area (Å²) in [6, 6.07) is 0. The fourth-order valence-electron chi connectivity index (χ4n) is 3.02. The monoisotopic (exact) mass is 266 g/mol. The van der Waals surface area contributed by atoms with Crippen LogP contribution in [0.25, 0.3) is 0 Å². The van der Waals surface area contributed by atoms with Crippen LogP contribution in [0.2, 0.25) is 18.1 Å². The molecule has 0 unspecified atom stereocenters. The molecule has 1 saturated carbocycles. The van der Waals surface area contributed by atoms with Crippen molar-refractivity contribution in [1.82, 2.24) is 0 Å². The molecule has 0 aliphatic heterocycles. The van der Waals surface area contributed by atoms with Gasteiger partial charge >= 0.3 is 0 Å². The Morgan fingerprint density at radius 2 is 1.67 bits per heavy atom. The maximum atomic E-state index is 6.63. The van der Waals surface area contributed by atoms with Crippen LogP contribution in [0.5, 0.6) is 0 Å². The van der Waals surface area contributed by atoms with E-state index in [1.165, 1.54) is 50.7 Å². The highest BCUT2D eigenvalue weighted by Gasteiger charge is 2.40. The van der Waals surface area contributed by atoms with E-state index < -0.39 is 8.32 Å². The van der Waals surface area contributed by atoms with Crippen molar-refractivity contribution in [2.75, 3.05) is 0 Å². The summed E-state index contributed by atoms with van der Waals surface area (Å²) in [6.45, 7) is 11.8. The second kappa shape index (κ2) is 5.03. The van der Waals surface area contributed by atoms with Crippen molar-refractivity contribution >= 4 is 8.32 Å². The number of allylic oxidation sites excluding steroid dienone is 2. The normalized spacial score (nSPS) is 25.9. The van der Waals surface area contributed by atoms with E-state index >= 15 is 0 Å². The molecule has 0 heterocycles. The molecule has 0 saturated heterocycles. The lowest BCUT2D eigenvalue weighted by Gasteiger charge is -2.41. The van der Waals surface area contributed by atoms with Gasteiger partial charge in [0.25, 0.3) is 0 Å². The summed E-state index contributed by atoms with van der Waals surface area (Å²) < 4.78 is 6.63. The molecule has 2 aliphatic rings. The Labute approximate surface area is 114 Å². The van der Waals surface area contributed by atoms with Crippen molar-refractivity contribution < 1.29 is 4.43 Å². The Morgan fingerprint density at radius 1 is 1.00 bits per heavy atom. The molecule has 0 aromatic carbocycles. The summed E-state index contributed by atoms with van der Waals surface area (Å²) in [6.07, 6.45) is 9.52. The van der Waals surface area contributed by atoms with E-state index in [0.29, 0.717) is 5.04 Å². The van der Waals surface area contributed by atoms with Crippen LogP contribution in [0.4, 0.5) is 0 Å². The van der Waals surface area contributed by atoms with Crippen LogP contribution in [0.15, 0.2) is 11.3 Å². The molecule has 1 atom stereocenters. The third kappa shape index (κ3) is 2.84. The van der Waals surface area contributed by atoms with Crippen molar-refractivity contribution in [2.45, 2.75) is 83.8 Å². The Kier molecular flexibility index (Phi) is 3.96. The second-order valence-electron chi connectivity index (χ2n) is 7.65. The second-order valence-corrected chi connectivity index (χ2v) is 12.4. The Balaban J connectivity index is 2.19. The fourth-order valence-corrected chi connectivity index (χ4v) is 4.17. The third-order valence-electron chi connectivity index (χ3n) is 5.24. The number of hydrogen-bond donors (Lipinski definition) is 0. The maximum absolute atomic E-state index is 6.63. The quantitative estimate of drug-likeness (QED) is 0.588. The first-order valence-corrected chi connectivity index (χ1v) is 10.6. The van der Waals surface area contributed by atoms with Gasteiger partial charge in [-0.1, -0.05) is 27.2 Å². The van der Waals surface area contributed by atoms with E-state index in [1.54, 1.807) is 5.57 Å². The van der Waals surface area contributed by atoms with Crippen LogP contribution in [-0.2, 0) is 4.43 Å². The van der Waals surface area contributed by atoms with Crippen molar-refractivity contribution in [2.24, 2.45) is 5.92 Å². The molecular weight excluding hydrogens is 236 g/mol. The SMILES string of the molecule is CC(C)(C)[Si](C)(C)OC1=C2CCCC[C@H]2CCC1. The van der Waals surface area contributed by atoms with Crippen LogP contribution < -0.4 is 0 Å². The Morgan fingerprint density at radius 3 is 2.33 bits per heavy atom. The van der Waals surface area contributed by atoms with Crippen LogP contribution in [0.1, 0.15) is 65.7 Å². The molecule has 0 bridgehead atoms. The Bertz CT molecular complexity index is 335. The summed E-state index contributed by atoms with van der Waals surface area (Å²) in [5.74, 6) is 2.28. The van der Waals surface area contributed by atoms with Crippen molar-refractivity contribution in [3.63, 3.8) is 0 Å². The predicted octanol–water partition coefficient (Wildman–Crippen LogP) is 5.64. The lowest BCUT2D eigenvalue weighted by molar-refractivity contribution is 0.296. The third-order valence-corrected chi connectivity index (χ3v) is 9.61. The molecule has 2 aliphatic carbocycles. The van der Waals surface area contributed by atoms with Gasteiger partial charge in [-0.2, -0.15) is 0 Å². The molecule has 104 valence electrons. The molecule has 0 amide bonds.